The Bertz CT molecular complexity index is 84.0. The molecule has 0 aliphatic rings. The van der Waals surface area contributed by atoms with Gasteiger partial charge in [0.15, 0.2) is 0 Å². The maximum Gasteiger partial charge on any atom is 0 e. The largest absolute Gasteiger partial charge is 0.670 e. The summed E-state index contributed by atoms with van der Waals surface area (Å²) >= 11 is 4.17. The molecule has 0 aromatic rings. The zero-order valence-corrected chi connectivity index (χ0v) is 13.2. The van der Waals surface area contributed by atoms with Crippen molar-refractivity contribution in [2.75, 3.05) is 6.54 Å². The predicted molar refractivity (Wildman–Crippen MR) is 62.6 cm³/mol. The molecule has 0 saturated carbocycles. The normalized spacial score (nSPS) is 12.9. The van der Waals surface area contributed by atoms with Crippen LogP contribution in [0.25, 0.3) is 10.6 Å². The number of hydrogen-bond acceptors (Lipinski definition) is 1. The van der Waals surface area contributed by atoms with E-state index >= 15 is 0 Å². The summed E-state index contributed by atoms with van der Waals surface area (Å²) in [5.74, 6) is 0. The topological polar surface area (TPSA) is 28.2 Å². The van der Waals surface area contributed by atoms with Crippen LogP contribution in [0.3, 0.4) is 0 Å². The van der Waals surface area contributed by atoms with Gasteiger partial charge in [0.25, 0.3) is 0 Å². The summed E-state index contributed by atoms with van der Waals surface area (Å²) in [4.78, 5) is 0. The molecule has 2 atom stereocenters. The van der Waals surface area contributed by atoms with Crippen LogP contribution in [0.5, 0.6) is 0 Å². The van der Waals surface area contributed by atoms with Gasteiger partial charge in [-0.2, -0.15) is 12.0 Å². The molecule has 2 nitrogen and oxygen atoms in total. The van der Waals surface area contributed by atoms with Crippen molar-refractivity contribution in [2.45, 2.75) is 38.7 Å². The van der Waals surface area contributed by atoms with Crippen LogP contribution in [-0.2, 0) is 32.7 Å². The van der Waals surface area contributed by atoms with Crippen LogP contribution in [0.15, 0.2) is 0 Å². The summed E-state index contributed by atoms with van der Waals surface area (Å²) in [6.07, 6.45) is 1.07. The van der Waals surface area contributed by atoms with E-state index in [0.717, 1.165) is 13.0 Å². The number of hydrogen-bond donors (Lipinski definition) is 1. The van der Waals surface area contributed by atoms with Crippen LogP contribution in [0.2, 0.25) is 0 Å². The Labute approximate surface area is 115 Å². The molecule has 0 saturated heterocycles. The Hall–Kier alpha value is 1.37. The number of thiol groups is 1. The fraction of sp³-hybridized carbons (Fsp3) is 0.778. The smallest absolute Gasteiger partial charge is 0 e. The summed E-state index contributed by atoms with van der Waals surface area (Å²) in [5, 5.41) is 8.39. The van der Waals surface area contributed by atoms with E-state index < -0.39 is 0 Å². The van der Waals surface area contributed by atoms with Crippen molar-refractivity contribution in [2.24, 2.45) is 0 Å². The van der Waals surface area contributed by atoms with Crippen molar-refractivity contribution in [3.05, 3.63) is 25.5 Å². The standard InChI is InChI=1S/C7H16N2S.2CH3.Y/c1-4-6(3)9-7(10)8-5-2;;;/h6-7,10H,4-5H2,1-3H3;2*1H3;/q-2;2*-1;. The maximum absolute atomic E-state index is 4.28. The van der Waals surface area contributed by atoms with E-state index in [-0.39, 0.29) is 53.1 Å². The third-order valence-electron chi connectivity index (χ3n) is 1.32. The van der Waals surface area contributed by atoms with Gasteiger partial charge in [-0.05, 0) is 0 Å². The molecule has 0 aromatic carbocycles. The molecule has 4 heteroatoms. The Morgan fingerprint density at radius 3 is 2.00 bits per heavy atom. The van der Waals surface area contributed by atoms with Crippen LogP contribution in [0, 0.1) is 14.9 Å². The van der Waals surface area contributed by atoms with E-state index in [9.17, 15) is 0 Å². The first-order valence-electron chi connectivity index (χ1n) is 3.75. The Kier molecular flexibility index (Phi) is 29.1. The van der Waals surface area contributed by atoms with Crippen molar-refractivity contribution in [3.8, 4) is 0 Å². The first-order chi connectivity index (χ1) is 4.70. The molecule has 81 valence electrons. The maximum atomic E-state index is 4.28. The molecule has 2 unspecified atom stereocenters. The quantitative estimate of drug-likeness (QED) is 0.587. The van der Waals surface area contributed by atoms with Gasteiger partial charge in [0.1, 0.15) is 0 Å². The second-order valence-corrected chi connectivity index (χ2v) is 2.71. The second kappa shape index (κ2) is 15.8. The van der Waals surface area contributed by atoms with Crippen molar-refractivity contribution in [1.82, 2.24) is 0 Å². The summed E-state index contributed by atoms with van der Waals surface area (Å²) in [5.41, 5.74) is -0.111. The van der Waals surface area contributed by atoms with Crippen LogP contribution in [-0.4, -0.2) is 18.1 Å². The predicted octanol–water partition coefficient (Wildman–Crippen LogP) is 3.66. The average molecular weight is 279 g/mol. The zero-order valence-electron chi connectivity index (χ0n) is 9.49. The van der Waals surface area contributed by atoms with Crippen molar-refractivity contribution in [3.63, 3.8) is 0 Å². The van der Waals surface area contributed by atoms with Gasteiger partial charge in [-0.1, -0.05) is 27.2 Å². The van der Waals surface area contributed by atoms with E-state index in [4.69, 9.17) is 0 Å². The minimum atomic E-state index is -0.111. The summed E-state index contributed by atoms with van der Waals surface area (Å²) in [7, 11) is 0. The van der Waals surface area contributed by atoms with Crippen molar-refractivity contribution >= 4 is 12.6 Å². The van der Waals surface area contributed by atoms with Crippen molar-refractivity contribution < 1.29 is 32.7 Å². The average Bonchev–Trinajstić information content (AvgIpc) is 1.88. The zero-order chi connectivity index (χ0) is 7.98. The molecule has 0 rings (SSSR count). The molecule has 0 fully saturated rings. The van der Waals surface area contributed by atoms with Crippen LogP contribution >= 0.6 is 12.6 Å². The van der Waals surface area contributed by atoms with Gasteiger partial charge < -0.3 is 25.5 Å². The molecule has 0 bridgehead atoms. The Morgan fingerprint density at radius 2 is 1.69 bits per heavy atom. The number of rotatable bonds is 5. The van der Waals surface area contributed by atoms with E-state index in [1.165, 1.54) is 0 Å². The minimum Gasteiger partial charge on any atom is -0.670 e. The molecule has 13 heavy (non-hydrogen) atoms. The van der Waals surface area contributed by atoms with E-state index in [0.29, 0.717) is 6.04 Å². The molecular weight excluding hydrogens is 257 g/mol. The first kappa shape index (κ1) is 23.9. The molecule has 0 amide bonds. The Morgan fingerprint density at radius 1 is 1.23 bits per heavy atom. The van der Waals surface area contributed by atoms with Gasteiger partial charge in [-0.25, -0.2) is 12.6 Å². The third kappa shape index (κ3) is 16.1. The van der Waals surface area contributed by atoms with Gasteiger partial charge in [-0.3, -0.25) is 0 Å². The molecule has 0 spiro atoms. The van der Waals surface area contributed by atoms with Gasteiger partial charge in [-0.15, -0.1) is 6.04 Å². The van der Waals surface area contributed by atoms with E-state index in [1.807, 2.05) is 6.92 Å². The third-order valence-corrected chi connectivity index (χ3v) is 1.62. The molecule has 0 N–H and O–H groups in total. The van der Waals surface area contributed by atoms with Crippen LogP contribution in [0.4, 0.5) is 0 Å². The van der Waals surface area contributed by atoms with Gasteiger partial charge in [0.05, 0.1) is 0 Å². The molecular formula is C9H22N2SY-4. The summed E-state index contributed by atoms with van der Waals surface area (Å²) in [6.45, 7) is 6.98. The number of nitrogens with zero attached hydrogens (tertiary/aromatic N) is 2. The summed E-state index contributed by atoms with van der Waals surface area (Å²) < 4.78 is 0. The summed E-state index contributed by atoms with van der Waals surface area (Å²) in [6, 6.07) is 0.387. The van der Waals surface area contributed by atoms with Gasteiger partial charge in [0.2, 0.25) is 0 Å². The Balaban J connectivity index is -0.000000135. The SMILES string of the molecule is CC[N-]C(S)[N-]C(C)CC.[CH3-].[CH3-].[Y]. The second-order valence-electron chi connectivity index (χ2n) is 2.25. The molecule has 0 aliphatic heterocycles. The van der Waals surface area contributed by atoms with Crippen LogP contribution in [0.1, 0.15) is 27.2 Å². The molecule has 0 aromatic heterocycles. The van der Waals surface area contributed by atoms with Gasteiger partial charge in [0, 0.05) is 32.7 Å². The monoisotopic (exact) mass is 279 g/mol. The minimum absolute atomic E-state index is 0. The van der Waals surface area contributed by atoms with E-state index in [2.05, 4.69) is 37.1 Å². The first-order valence-corrected chi connectivity index (χ1v) is 4.27. The fourth-order valence-corrected chi connectivity index (χ4v) is 0.934. The molecule has 0 heterocycles. The fourth-order valence-electron chi connectivity index (χ4n) is 0.543. The van der Waals surface area contributed by atoms with Crippen molar-refractivity contribution in [1.29, 1.82) is 0 Å². The van der Waals surface area contributed by atoms with E-state index in [1.54, 1.807) is 0 Å². The van der Waals surface area contributed by atoms with Crippen LogP contribution < -0.4 is 0 Å². The molecule has 1 radical (unpaired) electrons. The van der Waals surface area contributed by atoms with Gasteiger partial charge >= 0.3 is 0 Å². The molecule has 0 aliphatic carbocycles.